The normalized spacial score (nSPS) is 15.7. The fourth-order valence-electron chi connectivity index (χ4n) is 4.34. The first-order valence-electron chi connectivity index (χ1n) is 12.6. The summed E-state index contributed by atoms with van der Waals surface area (Å²) in [5.74, 6) is -0.522. The Labute approximate surface area is 209 Å². The molecule has 8 nitrogen and oxygen atoms in total. The van der Waals surface area contributed by atoms with E-state index >= 15 is 0 Å². The number of rotatable bonds is 8. The zero-order chi connectivity index (χ0) is 26.4. The molecule has 1 aromatic rings. The van der Waals surface area contributed by atoms with Crippen LogP contribution in [0.4, 0.5) is 4.79 Å². The number of phenols is 1. The molecule has 8 heteroatoms. The molecular formula is C27H43N3O5. The molecule has 0 bridgehead atoms. The number of nitrogens with zero attached hydrogens (tertiary/aromatic N) is 1. The summed E-state index contributed by atoms with van der Waals surface area (Å²) in [5, 5.41) is 15.8. The number of hydrogen-bond acceptors (Lipinski definition) is 5. The molecular weight excluding hydrogens is 446 g/mol. The van der Waals surface area contributed by atoms with Gasteiger partial charge < -0.3 is 25.4 Å². The number of phenolic OH excluding ortho intramolecular Hbond substituents is 1. The van der Waals surface area contributed by atoms with Crippen LogP contribution in [0.5, 0.6) is 5.75 Å². The van der Waals surface area contributed by atoms with Crippen LogP contribution < -0.4 is 10.6 Å². The number of amides is 3. The summed E-state index contributed by atoms with van der Waals surface area (Å²) in [5.41, 5.74) is -0.151. The zero-order valence-corrected chi connectivity index (χ0v) is 22.4. The van der Waals surface area contributed by atoms with E-state index < -0.39 is 29.2 Å². The molecule has 0 aromatic heterocycles. The highest BCUT2D eigenvalue weighted by Gasteiger charge is 2.40. The summed E-state index contributed by atoms with van der Waals surface area (Å²) in [6.07, 6.45) is 5.03. The second-order valence-corrected chi connectivity index (χ2v) is 11.1. The van der Waals surface area contributed by atoms with Crippen molar-refractivity contribution in [3.63, 3.8) is 0 Å². The molecule has 2 rings (SSSR count). The van der Waals surface area contributed by atoms with Gasteiger partial charge in [0.15, 0.2) is 0 Å². The number of benzene rings is 1. The van der Waals surface area contributed by atoms with E-state index in [1.807, 2.05) is 20.8 Å². The number of hydrogen-bond donors (Lipinski definition) is 3. The van der Waals surface area contributed by atoms with Crippen LogP contribution in [0, 0.1) is 6.92 Å². The molecule has 0 aliphatic heterocycles. The van der Waals surface area contributed by atoms with Crippen molar-refractivity contribution in [3.8, 4) is 5.75 Å². The van der Waals surface area contributed by atoms with E-state index in [2.05, 4.69) is 10.6 Å². The lowest BCUT2D eigenvalue weighted by Crippen LogP contribution is -2.57. The fraction of sp³-hybridized carbons (Fsp3) is 0.667. The van der Waals surface area contributed by atoms with Crippen molar-refractivity contribution < 1.29 is 24.2 Å². The molecule has 0 spiro atoms. The number of aromatic hydroxyl groups is 1. The maximum absolute atomic E-state index is 13.8. The number of carbonyl (C=O) groups is 3. The van der Waals surface area contributed by atoms with Gasteiger partial charge >= 0.3 is 6.09 Å². The van der Waals surface area contributed by atoms with E-state index in [0.29, 0.717) is 17.5 Å². The molecule has 35 heavy (non-hydrogen) atoms. The first-order chi connectivity index (χ1) is 16.2. The van der Waals surface area contributed by atoms with Gasteiger partial charge in [-0.05, 0) is 84.1 Å². The largest absolute Gasteiger partial charge is 0.508 e. The highest BCUT2D eigenvalue weighted by Crippen LogP contribution is 2.33. The monoisotopic (exact) mass is 489 g/mol. The predicted octanol–water partition coefficient (Wildman–Crippen LogP) is 4.73. The van der Waals surface area contributed by atoms with Crippen LogP contribution in [-0.2, 0) is 14.3 Å². The van der Waals surface area contributed by atoms with Gasteiger partial charge in [0.25, 0.3) is 0 Å². The van der Waals surface area contributed by atoms with Crippen LogP contribution in [-0.4, -0.2) is 51.6 Å². The number of aryl methyl sites for hydroxylation is 1. The molecule has 0 saturated heterocycles. The number of ether oxygens (including phenoxy) is 1. The van der Waals surface area contributed by atoms with E-state index in [-0.39, 0.29) is 24.2 Å². The molecule has 1 atom stereocenters. The van der Waals surface area contributed by atoms with Crippen molar-refractivity contribution >= 4 is 17.9 Å². The predicted molar refractivity (Wildman–Crippen MR) is 136 cm³/mol. The Balaban J connectivity index is 2.41. The van der Waals surface area contributed by atoms with Crippen LogP contribution in [0.25, 0.3) is 0 Å². The minimum absolute atomic E-state index is 0.0681. The molecule has 1 saturated carbocycles. The maximum atomic E-state index is 13.8. The summed E-state index contributed by atoms with van der Waals surface area (Å²) >= 11 is 0. The molecule has 0 radical (unpaired) electrons. The van der Waals surface area contributed by atoms with Crippen molar-refractivity contribution in [1.82, 2.24) is 15.5 Å². The summed E-state index contributed by atoms with van der Waals surface area (Å²) in [4.78, 5) is 41.1. The summed E-state index contributed by atoms with van der Waals surface area (Å²) in [6.45, 7) is 12.5. The molecule has 0 heterocycles. The summed E-state index contributed by atoms with van der Waals surface area (Å²) in [6, 6.07) is 4.12. The molecule has 1 aliphatic carbocycles. The van der Waals surface area contributed by atoms with Crippen molar-refractivity contribution in [2.75, 3.05) is 6.54 Å². The van der Waals surface area contributed by atoms with Gasteiger partial charge in [0.2, 0.25) is 11.8 Å². The van der Waals surface area contributed by atoms with E-state index in [1.54, 1.807) is 50.8 Å². The highest BCUT2D eigenvalue weighted by molar-refractivity contribution is 5.91. The minimum Gasteiger partial charge on any atom is -0.508 e. The van der Waals surface area contributed by atoms with Gasteiger partial charge in [-0.1, -0.05) is 32.3 Å². The first-order valence-corrected chi connectivity index (χ1v) is 12.6. The molecule has 1 fully saturated rings. The first kappa shape index (κ1) is 28.5. The average Bonchev–Trinajstić information content (AvgIpc) is 2.77. The molecule has 1 unspecified atom stereocenters. The quantitative estimate of drug-likeness (QED) is 0.489. The number of carbonyl (C=O) groups excluding carboxylic acids is 3. The molecule has 196 valence electrons. The van der Waals surface area contributed by atoms with Crippen molar-refractivity contribution in [1.29, 1.82) is 0 Å². The Bertz CT molecular complexity index is 901. The van der Waals surface area contributed by atoms with E-state index in [9.17, 15) is 19.5 Å². The van der Waals surface area contributed by atoms with Crippen LogP contribution >= 0.6 is 0 Å². The Kier molecular flexibility index (Phi) is 9.58. The summed E-state index contributed by atoms with van der Waals surface area (Å²) in [7, 11) is 0. The van der Waals surface area contributed by atoms with Gasteiger partial charge in [0.1, 0.15) is 23.9 Å². The molecule has 3 N–H and O–H groups in total. The zero-order valence-electron chi connectivity index (χ0n) is 22.4. The van der Waals surface area contributed by atoms with Gasteiger partial charge in [0, 0.05) is 11.6 Å². The Morgan fingerprint density at radius 3 is 2.29 bits per heavy atom. The van der Waals surface area contributed by atoms with Gasteiger partial charge in [-0.2, -0.15) is 0 Å². The van der Waals surface area contributed by atoms with Crippen LogP contribution in [0.3, 0.4) is 0 Å². The second-order valence-electron chi connectivity index (χ2n) is 11.1. The lowest BCUT2D eigenvalue weighted by molar-refractivity contribution is -0.147. The number of nitrogens with one attached hydrogen (secondary N) is 2. The van der Waals surface area contributed by atoms with Crippen molar-refractivity contribution in [2.24, 2.45) is 0 Å². The fourth-order valence-corrected chi connectivity index (χ4v) is 4.34. The van der Waals surface area contributed by atoms with Crippen LogP contribution in [0.2, 0.25) is 0 Å². The van der Waals surface area contributed by atoms with E-state index in [1.165, 1.54) is 0 Å². The lowest BCUT2D eigenvalue weighted by atomic mass is 9.91. The second kappa shape index (κ2) is 11.8. The van der Waals surface area contributed by atoms with Crippen molar-refractivity contribution in [3.05, 3.63) is 29.3 Å². The van der Waals surface area contributed by atoms with Crippen LogP contribution in [0.15, 0.2) is 18.2 Å². The molecule has 1 aromatic carbocycles. The average molecular weight is 490 g/mol. The Hall–Kier alpha value is -2.77. The third kappa shape index (κ3) is 8.15. The molecule has 1 aliphatic rings. The summed E-state index contributed by atoms with van der Waals surface area (Å²) < 4.78 is 5.27. The van der Waals surface area contributed by atoms with E-state index in [0.717, 1.165) is 32.1 Å². The Morgan fingerprint density at radius 2 is 1.74 bits per heavy atom. The standard InChI is InChI=1S/C27H43N3O5/c1-8-27(6,7)30(22(32)17-28-25(34)35-26(3,4)5)23(19-14-15-21(31)18(2)16-19)24(33)29-20-12-10-9-11-13-20/h14-16,20,23,31H,8-13,17H2,1-7H3,(H,28,34)(H,29,33). The molecule has 3 amide bonds. The van der Waals surface area contributed by atoms with Gasteiger partial charge in [-0.3, -0.25) is 9.59 Å². The third-order valence-electron chi connectivity index (χ3n) is 6.56. The van der Waals surface area contributed by atoms with Crippen LogP contribution in [0.1, 0.15) is 97.2 Å². The maximum Gasteiger partial charge on any atom is 0.408 e. The Morgan fingerprint density at radius 1 is 1.11 bits per heavy atom. The minimum atomic E-state index is -0.917. The SMILES string of the molecule is CCC(C)(C)N(C(=O)CNC(=O)OC(C)(C)C)C(C(=O)NC1CCCCC1)c1ccc(O)c(C)c1. The lowest BCUT2D eigenvalue weighted by Gasteiger charge is -2.43. The van der Waals surface area contributed by atoms with Gasteiger partial charge in [0.05, 0.1) is 0 Å². The highest BCUT2D eigenvalue weighted by atomic mass is 16.6. The number of alkyl carbamates (subject to hydrolysis) is 1. The topological polar surface area (TPSA) is 108 Å². The van der Waals surface area contributed by atoms with Gasteiger partial charge in [-0.25, -0.2) is 4.79 Å². The van der Waals surface area contributed by atoms with E-state index in [4.69, 9.17) is 4.74 Å². The smallest absolute Gasteiger partial charge is 0.408 e. The third-order valence-corrected chi connectivity index (χ3v) is 6.56. The van der Waals surface area contributed by atoms with Crippen molar-refractivity contribution in [2.45, 2.75) is 110 Å². The van der Waals surface area contributed by atoms with Gasteiger partial charge in [-0.15, -0.1) is 0 Å².